The van der Waals surface area contributed by atoms with Crippen molar-refractivity contribution in [2.24, 2.45) is 0 Å². The van der Waals surface area contributed by atoms with Gasteiger partial charge in [0.15, 0.2) is 8.07 Å². The number of hydrogen-bond acceptors (Lipinski definition) is 0. The summed E-state index contributed by atoms with van der Waals surface area (Å²) < 4.78 is 4.93. The quantitative estimate of drug-likeness (QED) is 0.0818. The molecule has 2 aromatic heterocycles. The summed E-state index contributed by atoms with van der Waals surface area (Å²) in [5, 5.41) is 15.8. The molecule has 0 aliphatic carbocycles. The molecule has 0 atom stereocenters. The largest absolute Gasteiger partial charge is 0.309 e. The average molecular weight is 867 g/mol. The topological polar surface area (TPSA) is 9.86 Å². The predicted molar refractivity (Wildman–Crippen MR) is 287 cm³/mol. The minimum absolute atomic E-state index is 1.16. The Kier molecular flexibility index (Phi) is 8.34. The third kappa shape index (κ3) is 5.62. The molecule has 2 nitrogen and oxygen atoms in total. The molecule has 0 bridgehead atoms. The van der Waals surface area contributed by atoms with Crippen LogP contribution >= 0.6 is 0 Å². The standard InChI is InChI=1S/C64H42N2Si/c1-3-11-43(12-4-1)45-27-35-53(36-28-45)67(54-37-29-46(30-38-54)44-13-5-2-6-14-44,55-39-31-51(32-40-55)65-57-19-7-15-47-23-24-48-16-8-20-58(65)62(48)61(47)57)56-41-33-52(34-42-56)66-59-21-9-17-49-25-26-50-18-10-22-60(66)64(50)63(49)59/h1-42H. The molecule has 0 aliphatic heterocycles. The highest BCUT2D eigenvalue weighted by molar-refractivity contribution is 7.19. The Morgan fingerprint density at radius 3 is 0.776 bits per heavy atom. The van der Waals surface area contributed by atoms with Crippen molar-refractivity contribution in [3.63, 3.8) is 0 Å². The van der Waals surface area contributed by atoms with Gasteiger partial charge in [0.25, 0.3) is 0 Å². The van der Waals surface area contributed by atoms with Crippen LogP contribution in [-0.4, -0.2) is 17.2 Å². The summed E-state index contributed by atoms with van der Waals surface area (Å²) in [5.74, 6) is 0. The molecule has 0 saturated carbocycles. The van der Waals surface area contributed by atoms with Gasteiger partial charge in [-0.25, -0.2) is 0 Å². The van der Waals surface area contributed by atoms with E-state index in [0.29, 0.717) is 0 Å². The van der Waals surface area contributed by atoms with Gasteiger partial charge < -0.3 is 9.13 Å². The minimum atomic E-state index is -3.03. The second-order valence-corrected chi connectivity index (χ2v) is 21.8. The van der Waals surface area contributed by atoms with Crippen LogP contribution in [0.15, 0.2) is 255 Å². The smallest absolute Gasteiger partial charge is 0.179 e. The summed E-state index contributed by atoms with van der Waals surface area (Å²) in [6.45, 7) is 0. The van der Waals surface area contributed by atoms with Crippen molar-refractivity contribution in [2.75, 3.05) is 0 Å². The first kappa shape index (κ1) is 37.8. The van der Waals surface area contributed by atoms with Crippen molar-refractivity contribution in [1.82, 2.24) is 9.13 Å². The first-order valence-corrected chi connectivity index (χ1v) is 25.2. The van der Waals surface area contributed by atoms with E-state index in [4.69, 9.17) is 0 Å². The second kappa shape index (κ2) is 14.8. The Morgan fingerprint density at radius 1 is 0.209 bits per heavy atom. The Labute approximate surface area is 389 Å². The fourth-order valence-electron chi connectivity index (χ4n) is 11.6. The lowest BCUT2D eigenvalue weighted by molar-refractivity contribution is 1.18. The number of nitrogens with zero attached hydrogens (tertiary/aromatic N) is 2. The monoisotopic (exact) mass is 866 g/mol. The van der Waals surface area contributed by atoms with Crippen molar-refractivity contribution in [2.45, 2.75) is 0 Å². The van der Waals surface area contributed by atoms with Gasteiger partial charge in [0.05, 0.1) is 22.1 Å². The zero-order valence-corrected chi connectivity index (χ0v) is 37.6. The molecule has 0 fully saturated rings. The SMILES string of the molecule is c1ccc(-c2ccc([Si](c3ccc(-c4ccccc4)cc3)(c3ccc(-n4c5cccc6ccc7cccc4c7c65)cc3)c3ccc(-n4c5cccc6ccc7cccc4c7c65)cc3)cc2)cc1. The minimum Gasteiger partial charge on any atom is -0.309 e. The van der Waals surface area contributed by atoms with Gasteiger partial charge in [-0.1, -0.05) is 206 Å². The molecule has 3 heteroatoms. The Balaban J connectivity index is 1.01. The molecule has 0 saturated heterocycles. The van der Waals surface area contributed by atoms with E-state index in [0.717, 1.165) is 11.4 Å². The summed E-state index contributed by atoms with van der Waals surface area (Å²) in [4.78, 5) is 0. The van der Waals surface area contributed by atoms with Gasteiger partial charge in [0.1, 0.15) is 0 Å². The molecule has 0 N–H and O–H groups in total. The van der Waals surface area contributed by atoms with Crippen LogP contribution in [0.1, 0.15) is 0 Å². The van der Waals surface area contributed by atoms with Gasteiger partial charge in [0.2, 0.25) is 0 Å². The predicted octanol–water partition coefficient (Wildman–Crippen LogP) is 13.8. The van der Waals surface area contributed by atoms with Crippen molar-refractivity contribution in [1.29, 1.82) is 0 Å². The van der Waals surface area contributed by atoms with Crippen LogP contribution in [0.25, 0.3) is 98.8 Å². The van der Waals surface area contributed by atoms with Crippen LogP contribution in [0, 0.1) is 0 Å². The Hall–Kier alpha value is -8.50. The highest BCUT2D eigenvalue weighted by Gasteiger charge is 2.42. The maximum atomic E-state index is 2.46. The molecule has 67 heavy (non-hydrogen) atoms. The van der Waals surface area contributed by atoms with Crippen molar-refractivity contribution in [3.05, 3.63) is 255 Å². The fourth-order valence-corrected chi connectivity index (χ4v) is 16.3. The molecule has 0 radical (unpaired) electrons. The molecular weight excluding hydrogens is 825 g/mol. The number of aromatic nitrogens is 2. The zero-order chi connectivity index (χ0) is 44.1. The molecule has 0 amide bonds. The Bertz CT molecular complexity index is 3680. The number of hydrogen-bond donors (Lipinski definition) is 0. The first-order chi connectivity index (χ1) is 33.2. The van der Waals surface area contributed by atoms with E-state index >= 15 is 0 Å². The summed E-state index contributed by atoms with van der Waals surface area (Å²) in [7, 11) is -3.03. The van der Waals surface area contributed by atoms with Crippen molar-refractivity contribution in [3.8, 4) is 33.6 Å². The highest BCUT2D eigenvalue weighted by atomic mass is 28.3. The van der Waals surface area contributed by atoms with Crippen LogP contribution < -0.4 is 20.7 Å². The van der Waals surface area contributed by atoms with Crippen molar-refractivity contribution >= 4 is 94.0 Å². The molecule has 14 rings (SSSR count). The van der Waals surface area contributed by atoms with Gasteiger partial charge in [-0.3, -0.25) is 0 Å². The van der Waals surface area contributed by atoms with Gasteiger partial charge in [-0.2, -0.15) is 0 Å². The van der Waals surface area contributed by atoms with E-state index in [1.807, 2.05) is 0 Å². The average Bonchev–Trinajstić information content (AvgIpc) is 3.94. The first-order valence-electron chi connectivity index (χ1n) is 23.2. The van der Waals surface area contributed by atoms with E-state index in [2.05, 4.69) is 264 Å². The lowest BCUT2D eigenvalue weighted by Crippen LogP contribution is -2.74. The molecule has 0 spiro atoms. The molecule has 312 valence electrons. The van der Waals surface area contributed by atoms with Crippen LogP contribution in [0.2, 0.25) is 0 Å². The van der Waals surface area contributed by atoms with Crippen LogP contribution in [-0.2, 0) is 0 Å². The van der Waals surface area contributed by atoms with E-state index in [9.17, 15) is 0 Å². The molecule has 2 heterocycles. The van der Waals surface area contributed by atoms with E-state index in [1.165, 1.54) is 108 Å². The lowest BCUT2D eigenvalue weighted by Gasteiger charge is -2.35. The maximum absolute atomic E-state index is 3.03. The second-order valence-electron chi connectivity index (χ2n) is 18.0. The normalized spacial score (nSPS) is 12.2. The molecule has 14 aromatic rings. The van der Waals surface area contributed by atoms with Crippen LogP contribution in [0.3, 0.4) is 0 Å². The maximum Gasteiger partial charge on any atom is 0.179 e. The van der Waals surface area contributed by atoms with Gasteiger partial charge in [0, 0.05) is 32.9 Å². The molecular formula is C64H42N2Si. The summed E-state index contributed by atoms with van der Waals surface area (Å²) in [6.07, 6.45) is 0. The van der Waals surface area contributed by atoms with E-state index in [1.54, 1.807) is 0 Å². The van der Waals surface area contributed by atoms with Gasteiger partial charge in [-0.15, -0.1) is 0 Å². The third-order valence-corrected chi connectivity index (χ3v) is 19.4. The van der Waals surface area contributed by atoms with Crippen molar-refractivity contribution < 1.29 is 0 Å². The molecule has 12 aromatic carbocycles. The summed E-state index contributed by atoms with van der Waals surface area (Å²) >= 11 is 0. The van der Waals surface area contributed by atoms with Crippen LogP contribution in [0.4, 0.5) is 0 Å². The third-order valence-electron chi connectivity index (χ3n) is 14.6. The van der Waals surface area contributed by atoms with E-state index in [-0.39, 0.29) is 0 Å². The lowest BCUT2D eigenvalue weighted by atomic mass is 10.0. The highest BCUT2D eigenvalue weighted by Crippen LogP contribution is 2.40. The van der Waals surface area contributed by atoms with Gasteiger partial charge in [-0.05, 0) is 113 Å². The van der Waals surface area contributed by atoms with Crippen LogP contribution in [0.5, 0.6) is 0 Å². The molecule has 0 unspecified atom stereocenters. The zero-order valence-electron chi connectivity index (χ0n) is 36.6. The number of benzene rings is 12. The van der Waals surface area contributed by atoms with Gasteiger partial charge >= 0.3 is 0 Å². The van der Waals surface area contributed by atoms with E-state index < -0.39 is 8.07 Å². The Morgan fingerprint density at radius 2 is 0.478 bits per heavy atom. The molecule has 0 aliphatic rings. The summed E-state index contributed by atoms with van der Waals surface area (Å²) in [6, 6.07) is 95.6. The number of rotatable bonds is 8. The summed E-state index contributed by atoms with van der Waals surface area (Å²) in [5.41, 5.74) is 12.1. The fraction of sp³-hybridized carbons (Fsp3) is 0.